The Balaban J connectivity index is 2.03. The summed E-state index contributed by atoms with van der Waals surface area (Å²) in [5, 5.41) is 12.8. The minimum Gasteiger partial charge on any atom is -0.346 e. The maximum absolute atomic E-state index is 6.04. The molecule has 2 aromatic rings. The highest BCUT2D eigenvalue weighted by molar-refractivity contribution is 6.30. The molecule has 3 rings (SSSR count). The van der Waals surface area contributed by atoms with Gasteiger partial charge in [-0.1, -0.05) is 24.1 Å². The van der Waals surface area contributed by atoms with Crippen LogP contribution in [-0.2, 0) is 5.54 Å². The minimum atomic E-state index is -0.177. The van der Waals surface area contributed by atoms with Crippen molar-refractivity contribution in [3.63, 3.8) is 0 Å². The van der Waals surface area contributed by atoms with Crippen molar-refractivity contribution in [1.29, 1.82) is 0 Å². The summed E-state index contributed by atoms with van der Waals surface area (Å²) in [5.74, 6) is 0.842. The van der Waals surface area contributed by atoms with Crippen molar-refractivity contribution in [3.05, 3.63) is 35.1 Å². The number of rotatable bonds is 2. The zero-order valence-electron chi connectivity index (χ0n) is 10.7. The van der Waals surface area contributed by atoms with Gasteiger partial charge in [-0.15, -0.1) is 5.10 Å². The Hall–Kier alpha value is -1.46. The summed E-state index contributed by atoms with van der Waals surface area (Å²) in [7, 11) is 0. The van der Waals surface area contributed by atoms with E-state index in [0.29, 0.717) is 5.02 Å². The molecule has 0 unspecified atom stereocenters. The molecule has 1 aliphatic carbocycles. The van der Waals surface area contributed by atoms with Gasteiger partial charge in [0.05, 0.1) is 5.69 Å². The first-order valence-electron chi connectivity index (χ1n) is 6.59. The van der Waals surface area contributed by atoms with Gasteiger partial charge in [0.25, 0.3) is 0 Å². The van der Waals surface area contributed by atoms with Crippen LogP contribution in [0.5, 0.6) is 0 Å². The van der Waals surface area contributed by atoms with Crippen LogP contribution in [0, 0.1) is 0 Å². The number of benzene rings is 1. The third-order valence-electron chi connectivity index (χ3n) is 3.81. The molecule has 1 aliphatic rings. The van der Waals surface area contributed by atoms with Gasteiger partial charge in [-0.05, 0) is 41.5 Å². The molecular formula is C13H17ClN5+. The van der Waals surface area contributed by atoms with Gasteiger partial charge in [0, 0.05) is 17.9 Å². The monoisotopic (exact) mass is 278 g/mol. The predicted octanol–water partition coefficient (Wildman–Crippen LogP) is 1.72. The first kappa shape index (κ1) is 12.6. The highest BCUT2D eigenvalue weighted by Crippen LogP contribution is 2.32. The molecule has 0 radical (unpaired) electrons. The lowest BCUT2D eigenvalue weighted by Crippen LogP contribution is -2.71. The van der Waals surface area contributed by atoms with E-state index in [2.05, 4.69) is 21.3 Å². The molecule has 0 saturated heterocycles. The largest absolute Gasteiger partial charge is 0.346 e. The van der Waals surface area contributed by atoms with E-state index in [4.69, 9.17) is 11.6 Å². The van der Waals surface area contributed by atoms with Crippen molar-refractivity contribution in [1.82, 2.24) is 20.2 Å². The molecule has 0 bridgehead atoms. The van der Waals surface area contributed by atoms with Gasteiger partial charge >= 0.3 is 0 Å². The van der Waals surface area contributed by atoms with Crippen LogP contribution >= 0.6 is 11.6 Å². The van der Waals surface area contributed by atoms with Crippen molar-refractivity contribution in [2.45, 2.75) is 37.6 Å². The summed E-state index contributed by atoms with van der Waals surface area (Å²) in [6, 6.07) is 7.57. The average molecular weight is 279 g/mol. The van der Waals surface area contributed by atoms with Crippen LogP contribution in [0.25, 0.3) is 5.69 Å². The van der Waals surface area contributed by atoms with Gasteiger partial charge in [-0.3, -0.25) is 0 Å². The third kappa shape index (κ3) is 2.35. The molecule has 1 aromatic heterocycles. The molecule has 100 valence electrons. The Morgan fingerprint density at radius 2 is 2.00 bits per heavy atom. The molecule has 1 heterocycles. The van der Waals surface area contributed by atoms with Crippen molar-refractivity contribution < 1.29 is 5.73 Å². The van der Waals surface area contributed by atoms with Gasteiger partial charge in [-0.2, -0.15) is 4.68 Å². The summed E-state index contributed by atoms with van der Waals surface area (Å²) in [6.07, 6.45) is 5.72. The van der Waals surface area contributed by atoms with Crippen LogP contribution in [0.3, 0.4) is 0 Å². The number of hydrogen-bond acceptors (Lipinski definition) is 3. The average Bonchev–Trinajstić information content (AvgIpc) is 2.89. The number of quaternary nitrogens is 1. The molecule has 1 fully saturated rings. The van der Waals surface area contributed by atoms with E-state index in [1.54, 1.807) is 4.68 Å². The predicted molar refractivity (Wildman–Crippen MR) is 71.8 cm³/mol. The Labute approximate surface area is 116 Å². The topological polar surface area (TPSA) is 71.2 Å². The van der Waals surface area contributed by atoms with E-state index in [-0.39, 0.29) is 5.54 Å². The number of tetrazole rings is 1. The fraction of sp³-hybridized carbons (Fsp3) is 0.462. The number of nitrogens with zero attached hydrogens (tertiary/aromatic N) is 4. The second kappa shape index (κ2) is 4.90. The van der Waals surface area contributed by atoms with Crippen LogP contribution in [0.1, 0.15) is 37.9 Å². The van der Waals surface area contributed by atoms with Crippen LogP contribution in [0.4, 0.5) is 0 Å². The van der Waals surface area contributed by atoms with Gasteiger partial charge in [0.1, 0.15) is 0 Å². The van der Waals surface area contributed by atoms with Crippen molar-refractivity contribution in [3.8, 4) is 5.69 Å². The Bertz CT molecular complexity index is 574. The van der Waals surface area contributed by atoms with Crippen molar-refractivity contribution >= 4 is 11.6 Å². The fourth-order valence-electron chi connectivity index (χ4n) is 2.75. The fourth-order valence-corrected chi connectivity index (χ4v) is 2.94. The van der Waals surface area contributed by atoms with E-state index >= 15 is 0 Å². The zero-order chi connectivity index (χ0) is 13.3. The van der Waals surface area contributed by atoms with Crippen molar-refractivity contribution in [2.75, 3.05) is 0 Å². The molecule has 5 nitrogen and oxygen atoms in total. The summed E-state index contributed by atoms with van der Waals surface area (Å²) >= 11 is 6.04. The first-order valence-corrected chi connectivity index (χ1v) is 6.97. The van der Waals surface area contributed by atoms with Gasteiger partial charge < -0.3 is 5.73 Å². The standard InChI is InChI=1S/C13H16ClN5/c14-10-5-4-6-11(9-10)19-12(16-17-18-19)13(15)7-2-1-3-8-13/h4-6,9H,1-3,7-8,15H2/p+1. The van der Waals surface area contributed by atoms with Crippen LogP contribution in [0.2, 0.25) is 5.02 Å². The lowest BCUT2D eigenvalue weighted by Gasteiger charge is -2.28. The Kier molecular flexibility index (Phi) is 3.24. The smallest absolute Gasteiger partial charge is 0.217 e. The minimum absolute atomic E-state index is 0.177. The van der Waals surface area contributed by atoms with Gasteiger partial charge in [0.15, 0.2) is 5.54 Å². The Morgan fingerprint density at radius 3 is 2.74 bits per heavy atom. The zero-order valence-corrected chi connectivity index (χ0v) is 11.5. The Morgan fingerprint density at radius 1 is 1.21 bits per heavy atom. The number of halogens is 1. The number of aromatic nitrogens is 4. The molecule has 0 atom stereocenters. The number of hydrogen-bond donors (Lipinski definition) is 1. The van der Waals surface area contributed by atoms with Gasteiger partial charge in [0.2, 0.25) is 5.82 Å². The lowest BCUT2D eigenvalue weighted by molar-refractivity contribution is -0.498. The highest BCUT2D eigenvalue weighted by atomic mass is 35.5. The van der Waals surface area contributed by atoms with Crippen molar-refractivity contribution in [2.24, 2.45) is 0 Å². The van der Waals surface area contributed by atoms with E-state index in [0.717, 1.165) is 24.4 Å². The molecule has 19 heavy (non-hydrogen) atoms. The van der Waals surface area contributed by atoms with Crippen LogP contribution < -0.4 is 5.73 Å². The second-order valence-corrected chi connectivity index (χ2v) is 5.67. The van der Waals surface area contributed by atoms with Gasteiger partial charge in [-0.25, -0.2) is 0 Å². The molecule has 1 saturated carbocycles. The van der Waals surface area contributed by atoms with Crippen LogP contribution in [0.15, 0.2) is 24.3 Å². The molecule has 6 heteroatoms. The normalized spacial score (nSPS) is 18.4. The quantitative estimate of drug-likeness (QED) is 0.909. The highest BCUT2D eigenvalue weighted by Gasteiger charge is 2.39. The SMILES string of the molecule is [NH3+]C1(c2nnnn2-c2cccc(Cl)c2)CCCCC1. The van der Waals surface area contributed by atoms with E-state index in [1.165, 1.54) is 19.3 Å². The maximum Gasteiger partial charge on any atom is 0.217 e. The molecule has 3 N–H and O–H groups in total. The first-order chi connectivity index (χ1) is 9.19. The summed E-state index contributed by atoms with van der Waals surface area (Å²) in [6.45, 7) is 0. The second-order valence-electron chi connectivity index (χ2n) is 5.24. The van der Waals surface area contributed by atoms with Crippen LogP contribution in [-0.4, -0.2) is 20.2 Å². The molecule has 0 spiro atoms. The molecule has 1 aromatic carbocycles. The van der Waals surface area contributed by atoms with E-state index in [1.807, 2.05) is 24.3 Å². The molecule has 0 aliphatic heterocycles. The van der Waals surface area contributed by atoms with E-state index in [9.17, 15) is 0 Å². The maximum atomic E-state index is 6.04. The summed E-state index contributed by atoms with van der Waals surface area (Å²) in [4.78, 5) is 0. The lowest BCUT2D eigenvalue weighted by atomic mass is 9.82. The van der Waals surface area contributed by atoms with E-state index < -0.39 is 0 Å². The molecular weight excluding hydrogens is 262 g/mol. The summed E-state index contributed by atoms with van der Waals surface area (Å²) in [5.41, 5.74) is 5.10. The molecule has 0 amide bonds. The summed E-state index contributed by atoms with van der Waals surface area (Å²) < 4.78 is 1.77. The third-order valence-corrected chi connectivity index (χ3v) is 4.04.